The van der Waals surface area contributed by atoms with Crippen molar-refractivity contribution >= 4 is 17.5 Å². The maximum atomic E-state index is 12.4. The topological polar surface area (TPSA) is 79.8 Å². The number of amides is 1. The van der Waals surface area contributed by atoms with E-state index in [0.29, 0.717) is 18.2 Å². The molecule has 1 amide bonds. The van der Waals surface area contributed by atoms with Crippen LogP contribution in [-0.2, 0) is 4.74 Å². The molecule has 29 heavy (non-hydrogen) atoms. The second kappa shape index (κ2) is 9.09. The fraction of sp³-hybridized carbons (Fsp3) is 0.476. The Balaban J connectivity index is 1.33. The second-order valence-corrected chi connectivity index (χ2v) is 7.26. The summed E-state index contributed by atoms with van der Waals surface area (Å²) in [4.78, 5) is 25.7. The van der Waals surface area contributed by atoms with E-state index in [1.54, 1.807) is 19.4 Å². The van der Waals surface area contributed by atoms with Gasteiger partial charge in [-0.15, -0.1) is 0 Å². The van der Waals surface area contributed by atoms with Gasteiger partial charge in [0.2, 0.25) is 5.95 Å². The van der Waals surface area contributed by atoms with Crippen molar-refractivity contribution < 1.29 is 14.3 Å². The molecule has 2 saturated heterocycles. The van der Waals surface area contributed by atoms with Crippen molar-refractivity contribution in [3.05, 3.63) is 42.2 Å². The third-order valence-electron chi connectivity index (χ3n) is 5.39. The lowest BCUT2D eigenvalue weighted by Crippen LogP contribution is -2.47. The number of nitrogens with one attached hydrogen (secondary N) is 1. The summed E-state index contributed by atoms with van der Waals surface area (Å²) >= 11 is 0. The fourth-order valence-corrected chi connectivity index (χ4v) is 3.69. The number of aromatic nitrogens is 2. The number of hydrogen-bond donors (Lipinski definition) is 1. The zero-order valence-electron chi connectivity index (χ0n) is 16.7. The minimum atomic E-state index is -0.180. The van der Waals surface area contributed by atoms with E-state index in [-0.39, 0.29) is 12.0 Å². The Morgan fingerprint density at radius 3 is 2.62 bits per heavy atom. The number of carbonyl (C=O) groups excluding carboxylic acids is 1. The van der Waals surface area contributed by atoms with Gasteiger partial charge < -0.3 is 24.6 Å². The number of piperazine rings is 1. The van der Waals surface area contributed by atoms with Gasteiger partial charge in [-0.3, -0.25) is 4.79 Å². The molecule has 2 fully saturated rings. The molecule has 1 aromatic carbocycles. The summed E-state index contributed by atoms with van der Waals surface area (Å²) in [7, 11) is 1.67. The number of methoxy groups -OCH3 is 1. The minimum absolute atomic E-state index is 0.117. The first kappa shape index (κ1) is 19.4. The zero-order chi connectivity index (χ0) is 20.1. The molecule has 2 aromatic rings. The molecule has 0 spiro atoms. The summed E-state index contributed by atoms with van der Waals surface area (Å²) in [5, 5.41) is 2.92. The molecule has 1 unspecified atom stereocenters. The third kappa shape index (κ3) is 4.76. The maximum Gasteiger partial charge on any atom is 0.270 e. The van der Waals surface area contributed by atoms with Gasteiger partial charge in [0.25, 0.3) is 5.91 Å². The Hall–Kier alpha value is -2.87. The molecule has 1 aromatic heterocycles. The Morgan fingerprint density at radius 2 is 1.93 bits per heavy atom. The van der Waals surface area contributed by atoms with E-state index in [2.05, 4.69) is 37.2 Å². The van der Waals surface area contributed by atoms with Crippen LogP contribution in [0.15, 0.2) is 36.5 Å². The van der Waals surface area contributed by atoms with Gasteiger partial charge in [0.15, 0.2) is 0 Å². The van der Waals surface area contributed by atoms with E-state index in [1.165, 1.54) is 5.69 Å². The maximum absolute atomic E-state index is 12.4. The fourth-order valence-electron chi connectivity index (χ4n) is 3.69. The van der Waals surface area contributed by atoms with Gasteiger partial charge in [-0.25, -0.2) is 9.97 Å². The Bertz CT molecular complexity index is 815. The predicted molar refractivity (Wildman–Crippen MR) is 111 cm³/mol. The van der Waals surface area contributed by atoms with Crippen molar-refractivity contribution in [3.63, 3.8) is 0 Å². The van der Waals surface area contributed by atoms with Gasteiger partial charge in [0, 0.05) is 51.2 Å². The smallest absolute Gasteiger partial charge is 0.270 e. The van der Waals surface area contributed by atoms with Gasteiger partial charge in [-0.1, -0.05) is 0 Å². The predicted octanol–water partition coefficient (Wildman–Crippen LogP) is 1.72. The van der Waals surface area contributed by atoms with Gasteiger partial charge in [0.05, 0.1) is 13.2 Å². The van der Waals surface area contributed by atoms with Crippen molar-refractivity contribution in [1.82, 2.24) is 15.3 Å². The van der Waals surface area contributed by atoms with Crippen LogP contribution < -0.4 is 19.9 Å². The molecule has 0 saturated carbocycles. The minimum Gasteiger partial charge on any atom is -0.497 e. The number of carbonyl (C=O) groups is 1. The van der Waals surface area contributed by atoms with Gasteiger partial charge in [0.1, 0.15) is 11.4 Å². The van der Waals surface area contributed by atoms with Gasteiger partial charge in [-0.2, -0.15) is 0 Å². The number of hydrogen-bond acceptors (Lipinski definition) is 7. The van der Waals surface area contributed by atoms with Crippen LogP contribution in [-0.4, -0.2) is 68.4 Å². The van der Waals surface area contributed by atoms with E-state index in [9.17, 15) is 4.79 Å². The molecule has 0 radical (unpaired) electrons. The molecular weight excluding hydrogens is 370 g/mol. The molecule has 1 N–H and O–H groups in total. The first-order valence-electron chi connectivity index (χ1n) is 10.1. The average Bonchev–Trinajstić information content (AvgIpc) is 3.31. The number of anilines is 2. The molecule has 0 bridgehead atoms. The van der Waals surface area contributed by atoms with Crippen molar-refractivity contribution in [2.24, 2.45) is 0 Å². The lowest BCUT2D eigenvalue weighted by Gasteiger charge is -2.36. The van der Waals surface area contributed by atoms with Gasteiger partial charge >= 0.3 is 0 Å². The van der Waals surface area contributed by atoms with Crippen LogP contribution in [0.2, 0.25) is 0 Å². The van der Waals surface area contributed by atoms with Crippen LogP contribution >= 0.6 is 0 Å². The van der Waals surface area contributed by atoms with Gasteiger partial charge in [-0.05, 0) is 43.2 Å². The summed E-state index contributed by atoms with van der Waals surface area (Å²) in [5.74, 6) is 1.28. The van der Waals surface area contributed by atoms with Crippen molar-refractivity contribution in [2.45, 2.75) is 18.9 Å². The lowest BCUT2D eigenvalue weighted by atomic mass is 10.2. The van der Waals surface area contributed by atoms with E-state index in [4.69, 9.17) is 9.47 Å². The van der Waals surface area contributed by atoms with E-state index < -0.39 is 0 Å². The largest absolute Gasteiger partial charge is 0.497 e. The highest BCUT2D eigenvalue weighted by molar-refractivity contribution is 5.92. The highest BCUT2D eigenvalue weighted by atomic mass is 16.5. The quantitative estimate of drug-likeness (QED) is 0.795. The lowest BCUT2D eigenvalue weighted by molar-refractivity contribution is 0.0853. The van der Waals surface area contributed by atoms with Crippen molar-refractivity contribution in [1.29, 1.82) is 0 Å². The number of benzene rings is 1. The van der Waals surface area contributed by atoms with Crippen LogP contribution in [0, 0.1) is 0 Å². The van der Waals surface area contributed by atoms with Crippen molar-refractivity contribution in [3.8, 4) is 5.75 Å². The molecule has 4 rings (SSSR count). The van der Waals surface area contributed by atoms with E-state index in [0.717, 1.165) is 51.4 Å². The number of ether oxygens (including phenoxy) is 2. The third-order valence-corrected chi connectivity index (χ3v) is 5.39. The Morgan fingerprint density at radius 1 is 1.17 bits per heavy atom. The summed E-state index contributed by atoms with van der Waals surface area (Å²) in [6, 6.07) is 9.75. The molecule has 154 valence electrons. The molecule has 3 heterocycles. The van der Waals surface area contributed by atoms with Crippen molar-refractivity contribution in [2.75, 3.05) is 56.2 Å². The number of rotatable bonds is 6. The Labute approximate surface area is 170 Å². The van der Waals surface area contributed by atoms with Crippen LogP contribution in [0.3, 0.4) is 0 Å². The average molecular weight is 397 g/mol. The molecule has 1 atom stereocenters. The molecule has 2 aliphatic rings. The zero-order valence-corrected chi connectivity index (χ0v) is 16.7. The van der Waals surface area contributed by atoms with Crippen LogP contribution in [0.5, 0.6) is 5.75 Å². The normalized spacial score (nSPS) is 19.3. The van der Waals surface area contributed by atoms with E-state index in [1.807, 2.05) is 12.1 Å². The van der Waals surface area contributed by atoms with Crippen LogP contribution in [0.1, 0.15) is 23.3 Å². The number of nitrogens with zero attached hydrogens (tertiary/aromatic N) is 4. The summed E-state index contributed by atoms with van der Waals surface area (Å²) in [6.07, 6.45) is 3.82. The summed E-state index contributed by atoms with van der Waals surface area (Å²) in [5.41, 5.74) is 1.57. The summed E-state index contributed by atoms with van der Waals surface area (Å²) < 4.78 is 10.8. The monoisotopic (exact) mass is 397 g/mol. The SMILES string of the molecule is COc1ccc(N2CCN(c3nccc(C(=O)NCC4CCCO4)n3)CC2)cc1. The highest BCUT2D eigenvalue weighted by Crippen LogP contribution is 2.21. The molecule has 8 nitrogen and oxygen atoms in total. The first-order chi connectivity index (χ1) is 14.2. The standard InChI is InChI=1S/C21H27N5O3/c1-28-17-6-4-16(5-7-17)25-10-12-26(13-11-25)21-22-9-8-19(24-21)20(27)23-15-18-3-2-14-29-18/h4-9,18H,2-3,10-15H2,1H3,(H,23,27). The molecule has 2 aliphatic heterocycles. The second-order valence-electron chi connectivity index (χ2n) is 7.26. The van der Waals surface area contributed by atoms with Crippen LogP contribution in [0.25, 0.3) is 0 Å². The molecule has 8 heteroatoms. The van der Waals surface area contributed by atoms with Crippen LogP contribution in [0.4, 0.5) is 11.6 Å². The molecular formula is C21H27N5O3. The Kier molecular flexibility index (Phi) is 6.09. The summed E-state index contributed by atoms with van der Waals surface area (Å²) in [6.45, 7) is 4.63. The van der Waals surface area contributed by atoms with E-state index >= 15 is 0 Å². The first-order valence-corrected chi connectivity index (χ1v) is 10.1. The highest BCUT2D eigenvalue weighted by Gasteiger charge is 2.21. The molecule has 0 aliphatic carbocycles.